The largest absolute Gasteiger partial charge is 0.378 e. The predicted molar refractivity (Wildman–Crippen MR) is 59.3 cm³/mol. The first-order valence-corrected chi connectivity index (χ1v) is 5.44. The van der Waals surface area contributed by atoms with Gasteiger partial charge in [0.2, 0.25) is 0 Å². The maximum Gasteiger partial charge on any atom is 0.136 e. The van der Waals surface area contributed by atoms with Gasteiger partial charge in [0.1, 0.15) is 11.6 Å². The van der Waals surface area contributed by atoms with Crippen molar-refractivity contribution >= 4 is 17.4 Å². The average molecular weight is 228 g/mol. The number of hydrogen-bond donors (Lipinski definition) is 0. The number of rotatable bonds is 3. The van der Waals surface area contributed by atoms with E-state index in [4.69, 9.17) is 16.3 Å². The smallest absolute Gasteiger partial charge is 0.136 e. The van der Waals surface area contributed by atoms with Gasteiger partial charge in [0.15, 0.2) is 0 Å². The summed E-state index contributed by atoms with van der Waals surface area (Å²) in [5, 5.41) is 0. The Morgan fingerprint density at radius 1 is 1.60 bits per heavy atom. The highest BCUT2D eigenvalue weighted by Crippen LogP contribution is 2.24. The molecule has 0 N–H and O–H groups in total. The van der Waals surface area contributed by atoms with E-state index < -0.39 is 0 Å². The van der Waals surface area contributed by atoms with Gasteiger partial charge in [-0.1, -0.05) is 0 Å². The zero-order valence-electron chi connectivity index (χ0n) is 8.90. The molecule has 1 aliphatic heterocycles. The molecule has 0 saturated carbocycles. The van der Waals surface area contributed by atoms with Gasteiger partial charge in [0.05, 0.1) is 12.0 Å². The van der Waals surface area contributed by atoms with E-state index in [0.29, 0.717) is 12.0 Å². The molecule has 0 atom stereocenters. The first-order valence-electron chi connectivity index (χ1n) is 4.91. The van der Waals surface area contributed by atoms with Crippen molar-refractivity contribution < 1.29 is 4.74 Å². The van der Waals surface area contributed by atoms with Crippen LogP contribution in [0.2, 0.25) is 0 Å². The summed E-state index contributed by atoms with van der Waals surface area (Å²) >= 11 is 5.84. The SMILES string of the molecule is COC1CN(c2nc(C)ncc2CCl)C1. The normalized spacial score (nSPS) is 16.6. The van der Waals surface area contributed by atoms with Gasteiger partial charge in [-0.3, -0.25) is 0 Å². The number of anilines is 1. The number of halogens is 1. The van der Waals surface area contributed by atoms with Crippen molar-refractivity contribution in [3.05, 3.63) is 17.6 Å². The van der Waals surface area contributed by atoms with E-state index in [0.717, 1.165) is 30.3 Å². The monoisotopic (exact) mass is 227 g/mol. The van der Waals surface area contributed by atoms with Crippen LogP contribution in [-0.2, 0) is 10.6 Å². The fraction of sp³-hybridized carbons (Fsp3) is 0.600. The summed E-state index contributed by atoms with van der Waals surface area (Å²) in [6.45, 7) is 3.66. The van der Waals surface area contributed by atoms with Crippen molar-refractivity contribution in [2.24, 2.45) is 0 Å². The molecule has 0 aromatic carbocycles. The van der Waals surface area contributed by atoms with E-state index >= 15 is 0 Å². The minimum atomic E-state index is 0.323. The second-order valence-electron chi connectivity index (χ2n) is 3.66. The van der Waals surface area contributed by atoms with E-state index in [1.54, 1.807) is 13.3 Å². The van der Waals surface area contributed by atoms with Crippen LogP contribution in [0, 0.1) is 6.92 Å². The second kappa shape index (κ2) is 4.33. The molecule has 5 heteroatoms. The van der Waals surface area contributed by atoms with Gasteiger partial charge in [-0.25, -0.2) is 9.97 Å². The Labute approximate surface area is 94.2 Å². The van der Waals surface area contributed by atoms with Crippen LogP contribution in [0.25, 0.3) is 0 Å². The number of aromatic nitrogens is 2. The molecule has 1 aromatic rings. The first kappa shape index (κ1) is 10.6. The first-order chi connectivity index (χ1) is 7.24. The molecule has 82 valence electrons. The number of methoxy groups -OCH3 is 1. The predicted octanol–water partition coefficient (Wildman–Crippen LogP) is 1.36. The fourth-order valence-corrected chi connectivity index (χ4v) is 1.80. The molecule has 2 heterocycles. The van der Waals surface area contributed by atoms with Gasteiger partial charge in [-0.2, -0.15) is 0 Å². The number of hydrogen-bond acceptors (Lipinski definition) is 4. The van der Waals surface area contributed by atoms with Crippen LogP contribution in [0.4, 0.5) is 5.82 Å². The molecule has 0 bridgehead atoms. The van der Waals surface area contributed by atoms with Crippen LogP contribution in [0.1, 0.15) is 11.4 Å². The lowest BCUT2D eigenvalue weighted by Crippen LogP contribution is -2.52. The standard InChI is InChI=1S/C10H14ClN3O/c1-7-12-4-8(3-11)10(13-7)14-5-9(6-14)15-2/h4,9H,3,5-6H2,1-2H3. The van der Waals surface area contributed by atoms with Crippen molar-refractivity contribution in [1.29, 1.82) is 0 Å². The Balaban J connectivity index is 2.17. The minimum absolute atomic E-state index is 0.323. The lowest BCUT2D eigenvalue weighted by molar-refractivity contribution is 0.0782. The molecule has 4 nitrogen and oxygen atoms in total. The van der Waals surface area contributed by atoms with Crippen LogP contribution in [0.3, 0.4) is 0 Å². The lowest BCUT2D eigenvalue weighted by atomic mass is 10.1. The molecule has 0 radical (unpaired) electrons. The molecular weight excluding hydrogens is 214 g/mol. The molecule has 0 aliphatic carbocycles. The third kappa shape index (κ3) is 2.06. The van der Waals surface area contributed by atoms with Crippen LogP contribution >= 0.6 is 11.6 Å². The molecule has 0 amide bonds. The van der Waals surface area contributed by atoms with Crippen molar-refractivity contribution in [1.82, 2.24) is 9.97 Å². The Morgan fingerprint density at radius 3 is 2.93 bits per heavy atom. The topological polar surface area (TPSA) is 38.2 Å². The molecule has 1 aliphatic rings. The van der Waals surface area contributed by atoms with E-state index in [9.17, 15) is 0 Å². The minimum Gasteiger partial charge on any atom is -0.378 e. The van der Waals surface area contributed by atoms with Crippen LogP contribution in [0.15, 0.2) is 6.20 Å². The third-order valence-corrected chi connectivity index (χ3v) is 2.87. The number of nitrogens with zero attached hydrogens (tertiary/aromatic N) is 3. The quantitative estimate of drug-likeness (QED) is 0.731. The Morgan fingerprint density at radius 2 is 2.33 bits per heavy atom. The molecule has 1 fully saturated rings. The van der Waals surface area contributed by atoms with Gasteiger partial charge in [0, 0.05) is 32.0 Å². The zero-order valence-corrected chi connectivity index (χ0v) is 9.66. The maximum atomic E-state index is 5.84. The van der Waals surface area contributed by atoms with Crippen molar-refractivity contribution in [3.63, 3.8) is 0 Å². The molecule has 2 rings (SSSR count). The van der Waals surface area contributed by atoms with Gasteiger partial charge in [0.25, 0.3) is 0 Å². The lowest BCUT2D eigenvalue weighted by Gasteiger charge is -2.39. The summed E-state index contributed by atoms with van der Waals surface area (Å²) in [6, 6.07) is 0. The second-order valence-corrected chi connectivity index (χ2v) is 3.93. The summed E-state index contributed by atoms with van der Waals surface area (Å²) in [6.07, 6.45) is 2.12. The van der Waals surface area contributed by atoms with E-state index in [1.807, 2.05) is 6.92 Å². The van der Waals surface area contributed by atoms with Gasteiger partial charge < -0.3 is 9.64 Å². The van der Waals surface area contributed by atoms with E-state index in [2.05, 4.69) is 14.9 Å². The molecule has 1 aromatic heterocycles. The highest BCUT2D eigenvalue weighted by Gasteiger charge is 2.29. The summed E-state index contributed by atoms with van der Waals surface area (Å²) in [5.74, 6) is 2.18. The Bertz CT molecular complexity index is 353. The van der Waals surface area contributed by atoms with Crippen LogP contribution < -0.4 is 4.90 Å². The highest BCUT2D eigenvalue weighted by atomic mass is 35.5. The van der Waals surface area contributed by atoms with Crippen LogP contribution in [-0.4, -0.2) is 36.3 Å². The van der Waals surface area contributed by atoms with Crippen molar-refractivity contribution in [2.45, 2.75) is 18.9 Å². The van der Waals surface area contributed by atoms with Crippen molar-refractivity contribution in [2.75, 3.05) is 25.1 Å². The molecule has 1 saturated heterocycles. The Kier molecular flexibility index (Phi) is 3.07. The third-order valence-electron chi connectivity index (χ3n) is 2.59. The summed E-state index contributed by atoms with van der Waals surface area (Å²) < 4.78 is 5.22. The highest BCUT2D eigenvalue weighted by molar-refractivity contribution is 6.17. The number of alkyl halides is 1. The van der Waals surface area contributed by atoms with Crippen LogP contribution in [0.5, 0.6) is 0 Å². The average Bonchev–Trinajstić information content (AvgIpc) is 2.16. The summed E-state index contributed by atoms with van der Waals surface area (Å²) in [7, 11) is 1.73. The van der Waals surface area contributed by atoms with E-state index in [-0.39, 0.29) is 0 Å². The fourth-order valence-electron chi connectivity index (χ4n) is 1.61. The van der Waals surface area contributed by atoms with Crippen molar-refractivity contribution in [3.8, 4) is 0 Å². The molecule has 0 unspecified atom stereocenters. The number of ether oxygens (including phenoxy) is 1. The van der Waals surface area contributed by atoms with Gasteiger partial charge in [-0.15, -0.1) is 11.6 Å². The molecule has 0 spiro atoms. The molecule has 15 heavy (non-hydrogen) atoms. The van der Waals surface area contributed by atoms with Gasteiger partial charge in [-0.05, 0) is 6.92 Å². The maximum absolute atomic E-state index is 5.84. The summed E-state index contributed by atoms with van der Waals surface area (Å²) in [5.41, 5.74) is 0.983. The number of aryl methyl sites for hydroxylation is 1. The zero-order chi connectivity index (χ0) is 10.8. The Hall–Kier alpha value is -0.870. The van der Waals surface area contributed by atoms with Gasteiger partial charge >= 0.3 is 0 Å². The molecular formula is C10H14ClN3O. The summed E-state index contributed by atoms with van der Waals surface area (Å²) in [4.78, 5) is 10.7. The van der Waals surface area contributed by atoms with E-state index in [1.165, 1.54) is 0 Å².